The van der Waals surface area contributed by atoms with Crippen LogP contribution in [0, 0.1) is 23.2 Å². The Hall–Kier alpha value is -0.560. The third-order valence-corrected chi connectivity index (χ3v) is 5.60. The zero-order valence-electron chi connectivity index (χ0n) is 15.5. The maximum atomic E-state index is 11.1. The lowest BCUT2D eigenvalue weighted by atomic mass is 9.63. The first-order valence-electron chi connectivity index (χ1n) is 8.58. The van der Waals surface area contributed by atoms with Gasteiger partial charge in [0.15, 0.2) is 0 Å². The van der Waals surface area contributed by atoms with Crippen molar-refractivity contribution in [1.29, 1.82) is 0 Å². The number of aliphatic hydroxyl groups is 1. The Morgan fingerprint density at radius 2 is 1.95 bits per heavy atom. The Morgan fingerprint density at radius 1 is 1.38 bits per heavy atom. The molecule has 0 heterocycles. The van der Waals surface area contributed by atoms with E-state index in [2.05, 4.69) is 60.6 Å². The standard InChI is InChI=1S/C20H36O/c1-14(2)10-9-12-20(8,21)17-11-13-19(7,16(5)6)18(17)15(3)4/h10-11,15-16,18,21H,9,12-13H2,1-8H3/t18-,19+,20-/m0/s1. The van der Waals surface area contributed by atoms with Gasteiger partial charge < -0.3 is 5.11 Å². The molecule has 0 spiro atoms. The Bertz CT molecular complexity index is 408. The molecule has 1 nitrogen and oxygen atoms in total. The fourth-order valence-electron chi connectivity index (χ4n) is 4.00. The molecule has 0 saturated heterocycles. The zero-order valence-corrected chi connectivity index (χ0v) is 15.5. The van der Waals surface area contributed by atoms with E-state index < -0.39 is 5.60 Å². The van der Waals surface area contributed by atoms with Crippen LogP contribution in [-0.2, 0) is 0 Å². The molecule has 1 aliphatic carbocycles. The van der Waals surface area contributed by atoms with E-state index in [1.54, 1.807) is 0 Å². The highest BCUT2D eigenvalue weighted by atomic mass is 16.3. The molecule has 3 atom stereocenters. The van der Waals surface area contributed by atoms with E-state index in [0.29, 0.717) is 17.8 Å². The average molecular weight is 293 g/mol. The van der Waals surface area contributed by atoms with Crippen LogP contribution < -0.4 is 0 Å². The molecular weight excluding hydrogens is 256 g/mol. The second-order valence-corrected chi connectivity index (χ2v) is 8.34. The minimum absolute atomic E-state index is 0.282. The molecule has 1 rings (SSSR count). The lowest BCUT2D eigenvalue weighted by Crippen LogP contribution is -2.39. The van der Waals surface area contributed by atoms with Gasteiger partial charge in [0.25, 0.3) is 0 Å². The first-order chi connectivity index (χ1) is 9.52. The van der Waals surface area contributed by atoms with Crippen molar-refractivity contribution in [2.75, 3.05) is 0 Å². The van der Waals surface area contributed by atoms with Crippen LogP contribution in [0.1, 0.15) is 74.7 Å². The molecule has 0 amide bonds. The molecule has 0 saturated carbocycles. The number of hydrogen-bond acceptors (Lipinski definition) is 1. The van der Waals surface area contributed by atoms with Gasteiger partial charge in [-0.15, -0.1) is 0 Å². The summed E-state index contributed by atoms with van der Waals surface area (Å²) in [6.07, 6.45) is 7.45. The predicted molar refractivity (Wildman–Crippen MR) is 93.3 cm³/mol. The Kier molecular flexibility index (Phi) is 5.89. The third-order valence-electron chi connectivity index (χ3n) is 5.60. The van der Waals surface area contributed by atoms with Crippen molar-refractivity contribution in [3.63, 3.8) is 0 Å². The van der Waals surface area contributed by atoms with Crippen LogP contribution in [0.4, 0.5) is 0 Å². The van der Waals surface area contributed by atoms with Crippen molar-refractivity contribution in [1.82, 2.24) is 0 Å². The lowest BCUT2D eigenvalue weighted by Gasteiger charge is -2.43. The summed E-state index contributed by atoms with van der Waals surface area (Å²) in [6, 6.07) is 0. The van der Waals surface area contributed by atoms with Gasteiger partial charge in [0.05, 0.1) is 5.60 Å². The monoisotopic (exact) mass is 292 g/mol. The number of allylic oxidation sites excluding steroid dienone is 3. The van der Waals surface area contributed by atoms with E-state index in [9.17, 15) is 5.11 Å². The summed E-state index contributed by atoms with van der Waals surface area (Å²) in [5, 5.41) is 11.1. The van der Waals surface area contributed by atoms with Gasteiger partial charge in [0.2, 0.25) is 0 Å². The van der Waals surface area contributed by atoms with Crippen LogP contribution in [0.15, 0.2) is 23.3 Å². The van der Waals surface area contributed by atoms with Crippen LogP contribution in [0.5, 0.6) is 0 Å². The summed E-state index contributed by atoms with van der Waals surface area (Å²) in [6.45, 7) is 17.9. The fourth-order valence-corrected chi connectivity index (χ4v) is 4.00. The molecule has 0 fully saturated rings. The largest absolute Gasteiger partial charge is 0.386 e. The van der Waals surface area contributed by atoms with Crippen molar-refractivity contribution >= 4 is 0 Å². The molecule has 0 aliphatic heterocycles. The molecule has 0 unspecified atom stereocenters. The first-order valence-corrected chi connectivity index (χ1v) is 8.58. The van der Waals surface area contributed by atoms with Crippen LogP contribution in [0.3, 0.4) is 0 Å². The Morgan fingerprint density at radius 3 is 2.38 bits per heavy atom. The summed E-state index contributed by atoms with van der Waals surface area (Å²) in [5.41, 5.74) is 2.23. The van der Waals surface area contributed by atoms with Crippen LogP contribution in [-0.4, -0.2) is 10.7 Å². The van der Waals surface area contributed by atoms with Crippen LogP contribution >= 0.6 is 0 Å². The summed E-state index contributed by atoms with van der Waals surface area (Å²) < 4.78 is 0. The van der Waals surface area contributed by atoms with E-state index in [4.69, 9.17) is 0 Å². The minimum Gasteiger partial charge on any atom is -0.386 e. The molecule has 0 radical (unpaired) electrons. The molecule has 21 heavy (non-hydrogen) atoms. The minimum atomic E-state index is -0.673. The molecule has 1 heteroatoms. The predicted octanol–water partition coefficient (Wildman–Crippen LogP) is 5.75. The smallest absolute Gasteiger partial charge is 0.0834 e. The van der Waals surface area contributed by atoms with Gasteiger partial charge in [0.1, 0.15) is 0 Å². The zero-order chi connectivity index (χ0) is 16.4. The Labute approximate surface area is 132 Å². The highest BCUT2D eigenvalue weighted by Gasteiger charge is 2.48. The summed E-state index contributed by atoms with van der Waals surface area (Å²) in [4.78, 5) is 0. The van der Waals surface area contributed by atoms with E-state index in [1.807, 2.05) is 6.92 Å². The van der Waals surface area contributed by atoms with Gasteiger partial charge in [-0.2, -0.15) is 0 Å². The van der Waals surface area contributed by atoms with Crippen molar-refractivity contribution in [2.24, 2.45) is 23.2 Å². The molecular formula is C20H36O. The lowest BCUT2D eigenvalue weighted by molar-refractivity contribution is 0.0455. The summed E-state index contributed by atoms with van der Waals surface area (Å²) >= 11 is 0. The van der Waals surface area contributed by atoms with E-state index >= 15 is 0 Å². The van der Waals surface area contributed by atoms with Gasteiger partial charge >= 0.3 is 0 Å². The van der Waals surface area contributed by atoms with Crippen molar-refractivity contribution < 1.29 is 5.11 Å². The molecule has 122 valence electrons. The molecule has 1 N–H and O–H groups in total. The molecule has 0 aromatic carbocycles. The Balaban J connectivity index is 2.98. The first kappa shape index (κ1) is 18.5. The van der Waals surface area contributed by atoms with E-state index in [-0.39, 0.29) is 5.41 Å². The molecule has 0 aromatic rings. The van der Waals surface area contributed by atoms with Gasteiger partial charge in [-0.3, -0.25) is 0 Å². The maximum Gasteiger partial charge on any atom is 0.0834 e. The quantitative estimate of drug-likeness (QED) is 0.618. The van der Waals surface area contributed by atoms with E-state index in [0.717, 1.165) is 19.3 Å². The van der Waals surface area contributed by atoms with Gasteiger partial charge in [0, 0.05) is 0 Å². The van der Waals surface area contributed by atoms with Crippen molar-refractivity contribution in [3.8, 4) is 0 Å². The van der Waals surface area contributed by atoms with Crippen LogP contribution in [0.2, 0.25) is 0 Å². The summed E-state index contributed by atoms with van der Waals surface area (Å²) in [7, 11) is 0. The second-order valence-electron chi connectivity index (χ2n) is 8.34. The highest BCUT2D eigenvalue weighted by Crippen LogP contribution is 2.54. The maximum absolute atomic E-state index is 11.1. The average Bonchev–Trinajstić information content (AvgIpc) is 2.68. The van der Waals surface area contributed by atoms with Gasteiger partial charge in [-0.25, -0.2) is 0 Å². The number of rotatable bonds is 6. The van der Waals surface area contributed by atoms with Crippen molar-refractivity contribution in [3.05, 3.63) is 23.3 Å². The van der Waals surface area contributed by atoms with Gasteiger partial charge in [-0.05, 0) is 68.8 Å². The van der Waals surface area contributed by atoms with E-state index in [1.165, 1.54) is 11.1 Å². The topological polar surface area (TPSA) is 20.2 Å². The van der Waals surface area contributed by atoms with Crippen molar-refractivity contribution in [2.45, 2.75) is 80.3 Å². The molecule has 0 aromatic heterocycles. The highest BCUT2D eigenvalue weighted by molar-refractivity contribution is 5.28. The third kappa shape index (κ3) is 4.00. The normalized spacial score (nSPS) is 28.7. The second kappa shape index (κ2) is 6.69. The van der Waals surface area contributed by atoms with Gasteiger partial charge in [-0.1, -0.05) is 52.3 Å². The van der Waals surface area contributed by atoms with Crippen LogP contribution in [0.25, 0.3) is 0 Å². The fraction of sp³-hybridized carbons (Fsp3) is 0.800. The number of hydrogen-bond donors (Lipinski definition) is 1. The SMILES string of the molecule is CC(C)=CCC[C@](C)(O)C1=CC[C@](C)(C(C)C)[C@H]1C(C)C. The molecule has 0 bridgehead atoms. The molecule has 1 aliphatic rings. The summed E-state index contributed by atoms with van der Waals surface area (Å²) in [5.74, 6) is 1.69.